The summed E-state index contributed by atoms with van der Waals surface area (Å²) >= 11 is 0. The van der Waals surface area contributed by atoms with Gasteiger partial charge in [0.15, 0.2) is 5.82 Å². The Bertz CT molecular complexity index is 492. The number of ether oxygens (including phenoxy) is 1. The maximum atomic E-state index is 5.88. The fourth-order valence-electron chi connectivity index (χ4n) is 1.43. The van der Waals surface area contributed by atoms with E-state index in [0.717, 1.165) is 23.6 Å². The molecule has 0 unspecified atom stereocenters. The normalized spacial score (nSPS) is 10.4. The molecule has 0 saturated heterocycles. The lowest BCUT2D eigenvalue weighted by molar-refractivity contribution is 0.415. The smallest absolute Gasteiger partial charge is 0.183 e. The Morgan fingerprint density at radius 3 is 2.88 bits per heavy atom. The highest BCUT2D eigenvalue weighted by molar-refractivity contribution is 5.72. The fraction of sp³-hybridized carbons (Fsp3) is 0.273. The zero-order valence-electron chi connectivity index (χ0n) is 9.32. The van der Waals surface area contributed by atoms with Crippen LogP contribution in [-0.2, 0) is 6.42 Å². The third kappa shape index (κ3) is 1.84. The number of nitrogens with zero attached hydrogens (tertiary/aromatic N) is 2. The standard InChI is InChI=1S/C11H14N4O/c1-3-10-13-11(15-14-10)8-6-7(16-2)4-5-9(8)12/h4-6H,3,12H2,1-2H3,(H,13,14,15). The van der Waals surface area contributed by atoms with Crippen molar-refractivity contribution in [2.45, 2.75) is 13.3 Å². The Hall–Kier alpha value is -2.04. The van der Waals surface area contributed by atoms with Gasteiger partial charge in [0.2, 0.25) is 0 Å². The average Bonchev–Trinajstić information content (AvgIpc) is 2.78. The van der Waals surface area contributed by atoms with Crippen molar-refractivity contribution in [2.24, 2.45) is 0 Å². The highest BCUT2D eigenvalue weighted by Crippen LogP contribution is 2.27. The van der Waals surface area contributed by atoms with Crippen molar-refractivity contribution in [1.82, 2.24) is 15.2 Å². The topological polar surface area (TPSA) is 76.8 Å². The van der Waals surface area contributed by atoms with Crippen molar-refractivity contribution in [3.63, 3.8) is 0 Å². The lowest BCUT2D eigenvalue weighted by Gasteiger charge is -2.04. The number of nitrogens with two attached hydrogens (primary N) is 1. The molecular formula is C11H14N4O. The molecule has 0 amide bonds. The van der Waals surface area contributed by atoms with E-state index in [4.69, 9.17) is 10.5 Å². The van der Waals surface area contributed by atoms with Crippen molar-refractivity contribution in [1.29, 1.82) is 0 Å². The van der Waals surface area contributed by atoms with E-state index < -0.39 is 0 Å². The van der Waals surface area contributed by atoms with Crippen molar-refractivity contribution in [2.75, 3.05) is 12.8 Å². The summed E-state index contributed by atoms with van der Waals surface area (Å²) < 4.78 is 5.14. The molecular weight excluding hydrogens is 204 g/mol. The Morgan fingerprint density at radius 2 is 2.25 bits per heavy atom. The van der Waals surface area contributed by atoms with E-state index in [0.29, 0.717) is 11.5 Å². The van der Waals surface area contributed by atoms with Gasteiger partial charge in [0, 0.05) is 17.7 Å². The number of rotatable bonds is 3. The van der Waals surface area contributed by atoms with E-state index in [9.17, 15) is 0 Å². The van der Waals surface area contributed by atoms with E-state index in [-0.39, 0.29) is 0 Å². The molecule has 0 bridgehead atoms. The van der Waals surface area contributed by atoms with Crippen LogP contribution in [0.2, 0.25) is 0 Å². The summed E-state index contributed by atoms with van der Waals surface area (Å²) in [6.07, 6.45) is 0.816. The molecule has 1 heterocycles. The first kappa shape index (κ1) is 10.5. The quantitative estimate of drug-likeness (QED) is 0.767. The molecule has 0 saturated carbocycles. The second-order valence-electron chi connectivity index (χ2n) is 3.41. The van der Waals surface area contributed by atoms with Gasteiger partial charge in [-0.25, -0.2) is 4.98 Å². The van der Waals surface area contributed by atoms with Crippen LogP contribution in [0, 0.1) is 0 Å². The summed E-state index contributed by atoms with van der Waals surface area (Å²) in [7, 11) is 1.62. The van der Waals surface area contributed by atoms with Crippen LogP contribution in [0.4, 0.5) is 5.69 Å². The zero-order valence-corrected chi connectivity index (χ0v) is 9.32. The van der Waals surface area contributed by atoms with Crippen LogP contribution in [0.15, 0.2) is 18.2 Å². The summed E-state index contributed by atoms with van der Waals surface area (Å²) in [5.74, 6) is 2.19. The van der Waals surface area contributed by atoms with Crippen molar-refractivity contribution in [3.8, 4) is 17.1 Å². The SMILES string of the molecule is CCc1nc(-c2cc(OC)ccc2N)n[nH]1. The minimum Gasteiger partial charge on any atom is -0.497 e. The Morgan fingerprint density at radius 1 is 1.44 bits per heavy atom. The van der Waals surface area contributed by atoms with Crippen LogP contribution in [0.5, 0.6) is 5.75 Å². The molecule has 2 aromatic rings. The summed E-state index contributed by atoms with van der Waals surface area (Å²) in [5, 5.41) is 6.98. The number of aromatic nitrogens is 3. The predicted molar refractivity (Wildman–Crippen MR) is 62.2 cm³/mol. The summed E-state index contributed by atoms with van der Waals surface area (Å²) in [4.78, 5) is 4.33. The lowest BCUT2D eigenvalue weighted by Crippen LogP contribution is -1.93. The first-order valence-electron chi connectivity index (χ1n) is 5.09. The number of hydrogen-bond donors (Lipinski definition) is 2. The summed E-state index contributed by atoms with van der Waals surface area (Å²) in [5.41, 5.74) is 7.31. The van der Waals surface area contributed by atoms with Crippen LogP contribution in [0.3, 0.4) is 0 Å². The van der Waals surface area contributed by atoms with Gasteiger partial charge in [-0.05, 0) is 18.2 Å². The molecule has 0 fully saturated rings. The Labute approximate surface area is 93.7 Å². The molecule has 0 atom stereocenters. The van der Waals surface area contributed by atoms with Gasteiger partial charge in [0.05, 0.1) is 7.11 Å². The molecule has 1 aromatic carbocycles. The van der Waals surface area contributed by atoms with E-state index in [1.165, 1.54) is 0 Å². The van der Waals surface area contributed by atoms with E-state index in [1.54, 1.807) is 13.2 Å². The van der Waals surface area contributed by atoms with Gasteiger partial charge in [0.1, 0.15) is 11.6 Å². The Balaban J connectivity index is 2.45. The second-order valence-corrected chi connectivity index (χ2v) is 3.41. The lowest BCUT2D eigenvalue weighted by atomic mass is 10.1. The molecule has 0 radical (unpaired) electrons. The number of aryl methyl sites for hydroxylation is 1. The molecule has 0 aliphatic rings. The maximum absolute atomic E-state index is 5.88. The maximum Gasteiger partial charge on any atom is 0.183 e. The molecule has 0 spiro atoms. The molecule has 84 valence electrons. The number of hydrogen-bond acceptors (Lipinski definition) is 4. The molecule has 16 heavy (non-hydrogen) atoms. The van der Waals surface area contributed by atoms with Crippen LogP contribution in [0.25, 0.3) is 11.4 Å². The van der Waals surface area contributed by atoms with Gasteiger partial charge < -0.3 is 10.5 Å². The van der Waals surface area contributed by atoms with Gasteiger partial charge in [-0.3, -0.25) is 5.10 Å². The van der Waals surface area contributed by atoms with E-state index in [2.05, 4.69) is 15.2 Å². The molecule has 0 aliphatic heterocycles. The van der Waals surface area contributed by atoms with Crippen LogP contribution in [-0.4, -0.2) is 22.3 Å². The van der Waals surface area contributed by atoms with Gasteiger partial charge in [-0.2, -0.15) is 5.10 Å². The van der Waals surface area contributed by atoms with Gasteiger partial charge >= 0.3 is 0 Å². The summed E-state index contributed by atoms with van der Waals surface area (Å²) in [6.45, 7) is 2.01. The number of nitrogens with one attached hydrogen (secondary N) is 1. The van der Waals surface area contributed by atoms with E-state index >= 15 is 0 Å². The Kier molecular flexibility index (Phi) is 2.76. The number of H-pyrrole nitrogens is 1. The fourth-order valence-corrected chi connectivity index (χ4v) is 1.43. The second kappa shape index (κ2) is 4.22. The van der Waals surface area contributed by atoms with E-state index in [1.807, 2.05) is 19.1 Å². The predicted octanol–water partition coefficient (Wildman–Crippen LogP) is 1.62. The summed E-state index contributed by atoms with van der Waals surface area (Å²) in [6, 6.07) is 5.43. The zero-order chi connectivity index (χ0) is 11.5. The number of nitrogen functional groups attached to an aromatic ring is 1. The van der Waals surface area contributed by atoms with Crippen LogP contribution >= 0.6 is 0 Å². The van der Waals surface area contributed by atoms with Crippen LogP contribution in [0.1, 0.15) is 12.7 Å². The highest BCUT2D eigenvalue weighted by atomic mass is 16.5. The molecule has 5 nitrogen and oxygen atoms in total. The van der Waals surface area contributed by atoms with Crippen molar-refractivity contribution >= 4 is 5.69 Å². The van der Waals surface area contributed by atoms with Gasteiger partial charge in [0.25, 0.3) is 0 Å². The third-order valence-corrected chi connectivity index (χ3v) is 2.37. The highest BCUT2D eigenvalue weighted by Gasteiger charge is 2.09. The molecule has 0 aliphatic carbocycles. The number of aromatic amines is 1. The molecule has 5 heteroatoms. The molecule has 1 aromatic heterocycles. The molecule has 3 N–H and O–H groups in total. The molecule has 2 rings (SSSR count). The van der Waals surface area contributed by atoms with Gasteiger partial charge in [-0.1, -0.05) is 6.92 Å². The number of anilines is 1. The van der Waals surface area contributed by atoms with Crippen molar-refractivity contribution < 1.29 is 4.74 Å². The number of methoxy groups -OCH3 is 1. The largest absolute Gasteiger partial charge is 0.497 e. The average molecular weight is 218 g/mol. The van der Waals surface area contributed by atoms with Crippen LogP contribution < -0.4 is 10.5 Å². The third-order valence-electron chi connectivity index (χ3n) is 2.37. The minimum atomic E-state index is 0.605. The number of benzene rings is 1. The first-order valence-corrected chi connectivity index (χ1v) is 5.09. The monoisotopic (exact) mass is 218 g/mol. The van der Waals surface area contributed by atoms with Gasteiger partial charge in [-0.15, -0.1) is 0 Å². The van der Waals surface area contributed by atoms with Crippen molar-refractivity contribution in [3.05, 3.63) is 24.0 Å². The first-order chi connectivity index (χ1) is 7.74. The minimum absolute atomic E-state index is 0.605.